The van der Waals surface area contributed by atoms with Gasteiger partial charge >= 0.3 is 5.97 Å². The number of sulfone groups is 1. The van der Waals surface area contributed by atoms with Gasteiger partial charge in [-0.2, -0.15) is 0 Å². The molecule has 0 bridgehead atoms. The highest BCUT2D eigenvalue weighted by atomic mass is 79.9. The molecule has 0 saturated carbocycles. The topological polar surface area (TPSA) is 93.0 Å². The van der Waals surface area contributed by atoms with Gasteiger partial charge in [0.2, 0.25) is 0 Å². The summed E-state index contributed by atoms with van der Waals surface area (Å²) in [6.45, 7) is 1.13. The van der Waals surface area contributed by atoms with Crippen LogP contribution in [0.1, 0.15) is 25.3 Å². The molecule has 2 rings (SSSR count). The van der Waals surface area contributed by atoms with E-state index in [2.05, 4.69) is 21.1 Å². The number of carboxylic acid groups (broad SMARTS) is 1. The maximum atomic E-state index is 13.9. The Balaban J connectivity index is 2.17. The van der Waals surface area contributed by atoms with Crippen molar-refractivity contribution in [2.24, 2.45) is 5.16 Å². The van der Waals surface area contributed by atoms with Crippen molar-refractivity contribution >= 4 is 37.4 Å². The number of halogens is 2. The number of carbonyl (C=O) groups is 1. The zero-order valence-electron chi connectivity index (χ0n) is 12.4. The van der Waals surface area contributed by atoms with Gasteiger partial charge in [-0.3, -0.25) is 4.79 Å². The van der Waals surface area contributed by atoms with Crippen molar-refractivity contribution in [2.75, 3.05) is 6.26 Å². The van der Waals surface area contributed by atoms with E-state index in [0.29, 0.717) is 10.2 Å². The first-order valence-corrected chi connectivity index (χ1v) is 9.34. The molecule has 6 nitrogen and oxygen atoms in total. The average molecular weight is 408 g/mol. The highest BCUT2D eigenvalue weighted by Crippen LogP contribution is 2.30. The Morgan fingerprint density at radius 1 is 1.57 bits per heavy atom. The molecule has 0 aromatic heterocycles. The van der Waals surface area contributed by atoms with E-state index >= 15 is 0 Å². The molecule has 1 heterocycles. The Labute approximate surface area is 141 Å². The maximum Gasteiger partial charge on any atom is 0.324 e. The van der Waals surface area contributed by atoms with E-state index in [1.54, 1.807) is 6.07 Å². The van der Waals surface area contributed by atoms with E-state index in [-0.39, 0.29) is 18.4 Å². The Bertz CT molecular complexity index is 779. The van der Waals surface area contributed by atoms with Gasteiger partial charge in [0.05, 0.1) is 5.71 Å². The molecule has 0 spiro atoms. The largest absolute Gasteiger partial charge is 0.480 e. The molecule has 126 valence electrons. The van der Waals surface area contributed by atoms with E-state index in [1.807, 2.05) is 0 Å². The van der Waals surface area contributed by atoms with Crippen molar-refractivity contribution in [1.82, 2.24) is 0 Å². The minimum absolute atomic E-state index is 0.136. The van der Waals surface area contributed by atoms with Crippen LogP contribution in [-0.4, -0.2) is 42.3 Å². The summed E-state index contributed by atoms with van der Waals surface area (Å²) in [5, 5.41) is 13.0. The van der Waals surface area contributed by atoms with Gasteiger partial charge in [-0.05, 0) is 25.1 Å². The summed E-state index contributed by atoms with van der Waals surface area (Å²) in [4.78, 5) is 16.5. The van der Waals surface area contributed by atoms with Gasteiger partial charge in [0.25, 0.3) is 0 Å². The minimum Gasteiger partial charge on any atom is -0.480 e. The number of carboxylic acids is 1. The molecular weight excluding hydrogens is 393 g/mol. The number of benzene rings is 1. The molecular formula is C14H15BrFNO5S. The van der Waals surface area contributed by atoms with Crippen LogP contribution in [0.25, 0.3) is 0 Å². The number of aliphatic carboxylic acids is 1. The molecule has 1 aromatic carbocycles. The molecule has 0 radical (unpaired) electrons. The molecule has 1 aliphatic heterocycles. The van der Waals surface area contributed by atoms with Crippen LogP contribution in [-0.2, 0) is 19.5 Å². The van der Waals surface area contributed by atoms with Gasteiger partial charge in [-0.1, -0.05) is 21.1 Å². The van der Waals surface area contributed by atoms with E-state index in [0.717, 1.165) is 13.2 Å². The van der Waals surface area contributed by atoms with Crippen LogP contribution in [0, 0.1) is 5.82 Å². The molecule has 1 aromatic rings. The molecule has 1 aliphatic rings. The SMILES string of the molecule is CC(CC1CC(c2ccc(Br)cc2F)=NO1)(C(=O)O)S(C)(=O)=O. The number of rotatable bonds is 5. The van der Waals surface area contributed by atoms with Crippen LogP contribution in [0.4, 0.5) is 4.39 Å². The molecule has 0 aliphatic carbocycles. The first kappa shape index (κ1) is 17.9. The smallest absolute Gasteiger partial charge is 0.324 e. The Morgan fingerprint density at radius 2 is 2.22 bits per heavy atom. The average Bonchev–Trinajstić information content (AvgIpc) is 2.85. The standard InChI is InChI=1S/C14H15BrFNO5S/c1-14(13(18)19,23(2,20)21)7-9-6-12(17-22-9)10-4-3-8(15)5-11(10)16/h3-5,9H,6-7H2,1-2H3,(H,18,19). The highest BCUT2D eigenvalue weighted by molar-refractivity contribution is 9.10. The van der Waals surface area contributed by atoms with E-state index in [4.69, 9.17) is 4.84 Å². The third-order valence-electron chi connectivity index (χ3n) is 3.86. The quantitative estimate of drug-likeness (QED) is 0.808. The van der Waals surface area contributed by atoms with Gasteiger partial charge in [0, 0.05) is 29.1 Å². The summed E-state index contributed by atoms with van der Waals surface area (Å²) in [5.74, 6) is -1.95. The van der Waals surface area contributed by atoms with Crippen molar-refractivity contribution in [3.05, 3.63) is 34.1 Å². The lowest BCUT2D eigenvalue weighted by Gasteiger charge is -2.24. The van der Waals surface area contributed by atoms with Crippen LogP contribution >= 0.6 is 15.9 Å². The van der Waals surface area contributed by atoms with Gasteiger partial charge in [-0.25, -0.2) is 12.8 Å². The van der Waals surface area contributed by atoms with Crippen molar-refractivity contribution in [1.29, 1.82) is 0 Å². The van der Waals surface area contributed by atoms with Crippen molar-refractivity contribution in [2.45, 2.75) is 30.6 Å². The summed E-state index contributed by atoms with van der Waals surface area (Å²) in [5.41, 5.74) is 0.563. The second-order valence-corrected chi connectivity index (χ2v) is 8.97. The third-order valence-corrected chi connectivity index (χ3v) is 6.33. The van der Waals surface area contributed by atoms with E-state index in [1.165, 1.54) is 12.1 Å². The second kappa shape index (κ2) is 6.20. The van der Waals surface area contributed by atoms with Crippen LogP contribution in [0.3, 0.4) is 0 Å². The zero-order chi connectivity index (χ0) is 17.4. The Hall–Kier alpha value is -1.48. The van der Waals surface area contributed by atoms with Crippen LogP contribution in [0.2, 0.25) is 0 Å². The fourth-order valence-electron chi connectivity index (χ4n) is 2.25. The maximum absolute atomic E-state index is 13.9. The summed E-state index contributed by atoms with van der Waals surface area (Å²) >= 11 is 3.15. The van der Waals surface area contributed by atoms with E-state index in [9.17, 15) is 22.7 Å². The summed E-state index contributed by atoms with van der Waals surface area (Å²) < 4.78 is 36.1. The fraction of sp³-hybridized carbons (Fsp3) is 0.429. The molecule has 1 N–H and O–H groups in total. The Kier molecular flexibility index (Phi) is 4.81. The number of nitrogens with zero attached hydrogens (tertiary/aromatic N) is 1. The van der Waals surface area contributed by atoms with Crippen LogP contribution in [0.5, 0.6) is 0 Å². The number of hydrogen-bond acceptors (Lipinski definition) is 5. The fourth-order valence-corrected chi connectivity index (χ4v) is 3.39. The first-order chi connectivity index (χ1) is 10.5. The lowest BCUT2D eigenvalue weighted by atomic mass is 9.97. The molecule has 0 amide bonds. The lowest BCUT2D eigenvalue weighted by molar-refractivity contribution is -0.140. The summed E-state index contributed by atoms with van der Waals surface area (Å²) in [6, 6.07) is 4.45. The molecule has 0 saturated heterocycles. The number of oxime groups is 1. The predicted octanol–water partition coefficient (Wildman–Crippen LogP) is 2.36. The second-order valence-electron chi connectivity index (χ2n) is 5.61. The van der Waals surface area contributed by atoms with Crippen LogP contribution < -0.4 is 0 Å². The molecule has 9 heteroatoms. The minimum atomic E-state index is -3.86. The van der Waals surface area contributed by atoms with Crippen molar-refractivity contribution in [3.8, 4) is 0 Å². The van der Waals surface area contributed by atoms with Crippen molar-refractivity contribution < 1.29 is 27.5 Å². The monoisotopic (exact) mass is 407 g/mol. The first-order valence-electron chi connectivity index (χ1n) is 6.65. The lowest BCUT2D eigenvalue weighted by Crippen LogP contribution is -2.45. The third kappa shape index (κ3) is 3.55. The van der Waals surface area contributed by atoms with Crippen molar-refractivity contribution in [3.63, 3.8) is 0 Å². The van der Waals surface area contributed by atoms with Gasteiger partial charge in [-0.15, -0.1) is 0 Å². The van der Waals surface area contributed by atoms with Crippen LogP contribution in [0.15, 0.2) is 27.8 Å². The summed E-state index contributed by atoms with van der Waals surface area (Å²) in [6.07, 6.45) is -0.0148. The van der Waals surface area contributed by atoms with E-state index < -0.39 is 32.5 Å². The van der Waals surface area contributed by atoms with Gasteiger partial charge in [0.15, 0.2) is 14.6 Å². The molecule has 2 atom stereocenters. The molecule has 0 fully saturated rings. The van der Waals surface area contributed by atoms with Gasteiger partial charge < -0.3 is 9.94 Å². The highest BCUT2D eigenvalue weighted by Gasteiger charge is 2.47. The molecule has 2 unspecified atom stereocenters. The van der Waals surface area contributed by atoms with Gasteiger partial charge in [0.1, 0.15) is 11.9 Å². The predicted molar refractivity (Wildman–Crippen MR) is 85.6 cm³/mol. The number of hydrogen-bond donors (Lipinski definition) is 1. The normalized spacial score (nSPS) is 20.5. The Morgan fingerprint density at radius 3 is 2.74 bits per heavy atom. The summed E-state index contributed by atoms with van der Waals surface area (Å²) in [7, 11) is -3.86. The zero-order valence-corrected chi connectivity index (χ0v) is 14.8. The molecule has 23 heavy (non-hydrogen) atoms.